The maximum Gasteiger partial charge on any atom is 0.251 e. The minimum Gasteiger partial charge on any atom is -0.489 e. The number of imidazole rings is 1. The summed E-state index contributed by atoms with van der Waals surface area (Å²) in [6.07, 6.45) is 2.21. The first-order chi connectivity index (χ1) is 17.6. The fourth-order valence-corrected chi connectivity index (χ4v) is 3.94. The minimum atomic E-state index is -0.539. The summed E-state index contributed by atoms with van der Waals surface area (Å²) in [5.74, 6) is 1.29. The Morgan fingerprint density at radius 1 is 1.14 bits per heavy atom. The fraction of sp³-hybridized carbons (Fsp3) is 0.296. The number of ketones is 1. The maximum absolute atomic E-state index is 13.1. The summed E-state index contributed by atoms with van der Waals surface area (Å²) in [7, 11) is 1.79. The summed E-state index contributed by atoms with van der Waals surface area (Å²) < 4.78 is 12.5. The van der Waals surface area contributed by atoms with Crippen molar-refractivity contribution in [3.05, 3.63) is 77.3 Å². The van der Waals surface area contributed by atoms with Crippen LogP contribution in [0.4, 0.5) is 5.69 Å². The molecule has 10 heteroatoms. The van der Waals surface area contributed by atoms with Crippen LogP contribution in [-0.2, 0) is 13.5 Å². The zero-order valence-corrected chi connectivity index (χ0v) is 21.5. The number of Topliss-reactive ketones (excluding diaryl/α,β-unsaturated/α-hetero) is 1. The number of hydrogen-bond acceptors (Lipinski definition) is 8. The lowest BCUT2D eigenvalue weighted by Crippen LogP contribution is -2.31. The lowest BCUT2D eigenvalue weighted by molar-refractivity contribution is 0.0933. The molecule has 0 saturated heterocycles. The molecule has 0 aliphatic carbocycles. The van der Waals surface area contributed by atoms with Gasteiger partial charge in [0.25, 0.3) is 5.91 Å². The molecule has 0 fully saturated rings. The molecule has 0 bridgehead atoms. The van der Waals surface area contributed by atoms with Gasteiger partial charge >= 0.3 is 0 Å². The van der Waals surface area contributed by atoms with E-state index in [1.807, 2.05) is 44.3 Å². The Kier molecular flexibility index (Phi) is 7.37. The first-order valence-electron chi connectivity index (χ1n) is 11.9. The molecule has 4 rings (SSSR count). The number of ether oxygens (including phenoxy) is 1. The van der Waals surface area contributed by atoms with Gasteiger partial charge in [-0.25, -0.2) is 4.98 Å². The highest BCUT2D eigenvalue weighted by Crippen LogP contribution is 2.25. The molecule has 2 aromatic heterocycles. The van der Waals surface area contributed by atoms with E-state index in [0.717, 1.165) is 11.1 Å². The van der Waals surface area contributed by atoms with Crippen LogP contribution in [0.2, 0.25) is 0 Å². The molecule has 0 aliphatic heterocycles. The van der Waals surface area contributed by atoms with E-state index in [1.54, 1.807) is 36.7 Å². The van der Waals surface area contributed by atoms with Crippen molar-refractivity contribution < 1.29 is 18.8 Å². The van der Waals surface area contributed by atoms with E-state index in [0.29, 0.717) is 46.7 Å². The minimum absolute atomic E-state index is 0.0342. The molecule has 192 valence electrons. The number of benzene rings is 2. The number of rotatable bonds is 9. The highest BCUT2D eigenvalue weighted by atomic mass is 16.5. The van der Waals surface area contributed by atoms with Crippen molar-refractivity contribution >= 4 is 17.4 Å². The summed E-state index contributed by atoms with van der Waals surface area (Å²) in [6, 6.07) is 12.1. The molecule has 0 saturated carbocycles. The second-order valence-corrected chi connectivity index (χ2v) is 9.13. The average Bonchev–Trinajstić information content (AvgIpc) is 3.45. The van der Waals surface area contributed by atoms with Crippen LogP contribution in [0.1, 0.15) is 65.1 Å². The number of anilines is 1. The Hall–Kier alpha value is -4.47. The van der Waals surface area contributed by atoms with Gasteiger partial charge in [-0.15, -0.1) is 0 Å². The number of carbonyl (C=O) groups is 2. The van der Waals surface area contributed by atoms with Crippen LogP contribution in [0.25, 0.3) is 11.3 Å². The van der Waals surface area contributed by atoms with Gasteiger partial charge in [0.2, 0.25) is 5.89 Å². The standard InChI is InChI=1S/C27H30N6O4/c1-15(2)36-24-11-10-20(13-21(24)28)27(35)31-22(25-29-17(4)37-32-25)12-18-6-8-19(9-7-18)23-14-33(5)26(30-23)16(3)34/h6-11,13-15,22H,12,28H2,1-5H3,(H,31,35)/t22-/m0/s1. The predicted molar refractivity (Wildman–Crippen MR) is 138 cm³/mol. The highest BCUT2D eigenvalue weighted by Gasteiger charge is 2.22. The molecule has 1 amide bonds. The van der Waals surface area contributed by atoms with E-state index < -0.39 is 6.04 Å². The number of amides is 1. The smallest absolute Gasteiger partial charge is 0.251 e. The number of hydrogen-bond donors (Lipinski definition) is 2. The first kappa shape index (κ1) is 25.6. The third-order valence-corrected chi connectivity index (χ3v) is 5.68. The largest absolute Gasteiger partial charge is 0.489 e. The molecule has 0 aliphatic rings. The van der Waals surface area contributed by atoms with Gasteiger partial charge in [0.05, 0.1) is 23.5 Å². The van der Waals surface area contributed by atoms with Crippen LogP contribution in [-0.4, -0.2) is 37.5 Å². The number of nitrogens with zero attached hydrogens (tertiary/aromatic N) is 4. The van der Waals surface area contributed by atoms with Crippen LogP contribution < -0.4 is 15.8 Å². The molecule has 37 heavy (non-hydrogen) atoms. The van der Waals surface area contributed by atoms with Gasteiger partial charge in [0, 0.05) is 44.6 Å². The second-order valence-electron chi connectivity index (χ2n) is 9.13. The van der Waals surface area contributed by atoms with E-state index in [-0.39, 0.29) is 17.8 Å². The van der Waals surface area contributed by atoms with Crippen molar-refractivity contribution in [1.82, 2.24) is 25.0 Å². The molecule has 1 atom stereocenters. The zero-order valence-electron chi connectivity index (χ0n) is 21.5. The van der Waals surface area contributed by atoms with Gasteiger partial charge in [-0.2, -0.15) is 4.98 Å². The summed E-state index contributed by atoms with van der Waals surface area (Å²) in [5.41, 5.74) is 9.40. The highest BCUT2D eigenvalue weighted by molar-refractivity contribution is 5.95. The number of nitrogens with two attached hydrogens (primary N) is 1. The molecule has 3 N–H and O–H groups in total. The van der Waals surface area contributed by atoms with Crippen LogP contribution in [0.15, 0.2) is 53.2 Å². The number of nitrogen functional groups attached to an aromatic ring is 1. The van der Waals surface area contributed by atoms with Gasteiger partial charge in [-0.05, 0) is 37.6 Å². The second kappa shape index (κ2) is 10.7. The van der Waals surface area contributed by atoms with Crippen molar-refractivity contribution in [2.45, 2.75) is 46.3 Å². The molecule has 2 heterocycles. The van der Waals surface area contributed by atoms with Crippen molar-refractivity contribution in [2.75, 3.05) is 5.73 Å². The molecule has 0 unspecified atom stereocenters. The van der Waals surface area contributed by atoms with Gasteiger partial charge in [0.15, 0.2) is 17.4 Å². The SMILES string of the molecule is CC(=O)c1nc(-c2ccc(C[C@H](NC(=O)c3ccc(OC(C)C)c(N)c3)c3noc(C)n3)cc2)cn1C. The topological polar surface area (TPSA) is 138 Å². The molecule has 2 aromatic carbocycles. The van der Waals surface area contributed by atoms with Gasteiger partial charge in [0.1, 0.15) is 5.75 Å². The van der Waals surface area contributed by atoms with E-state index in [1.165, 1.54) is 6.92 Å². The van der Waals surface area contributed by atoms with Crippen molar-refractivity contribution in [2.24, 2.45) is 7.05 Å². The van der Waals surface area contributed by atoms with Crippen LogP contribution in [0.3, 0.4) is 0 Å². The quantitative estimate of drug-likeness (QED) is 0.258. The Bertz CT molecular complexity index is 1420. The lowest BCUT2D eigenvalue weighted by Gasteiger charge is -2.17. The first-order valence-corrected chi connectivity index (χ1v) is 11.9. The van der Waals surface area contributed by atoms with E-state index in [9.17, 15) is 9.59 Å². The number of nitrogens with one attached hydrogen (secondary N) is 1. The van der Waals surface area contributed by atoms with Crippen LogP contribution in [0.5, 0.6) is 5.75 Å². The number of aromatic nitrogens is 4. The zero-order chi connectivity index (χ0) is 26.7. The van der Waals surface area contributed by atoms with Crippen molar-refractivity contribution in [3.8, 4) is 17.0 Å². The number of aryl methyl sites for hydroxylation is 2. The molecule has 0 radical (unpaired) electrons. The third-order valence-electron chi connectivity index (χ3n) is 5.68. The normalized spacial score (nSPS) is 11.9. The van der Waals surface area contributed by atoms with Crippen molar-refractivity contribution in [1.29, 1.82) is 0 Å². The third kappa shape index (κ3) is 6.03. The Balaban J connectivity index is 1.53. The fourth-order valence-electron chi connectivity index (χ4n) is 3.94. The van der Waals surface area contributed by atoms with Gasteiger partial charge in [-0.3, -0.25) is 9.59 Å². The van der Waals surface area contributed by atoms with Crippen LogP contribution >= 0.6 is 0 Å². The van der Waals surface area contributed by atoms with Gasteiger partial charge in [-0.1, -0.05) is 29.4 Å². The van der Waals surface area contributed by atoms with E-state index >= 15 is 0 Å². The van der Waals surface area contributed by atoms with Gasteiger partial charge < -0.3 is 24.9 Å². The maximum atomic E-state index is 13.1. The monoisotopic (exact) mass is 502 g/mol. The number of carbonyl (C=O) groups excluding carboxylic acids is 2. The summed E-state index contributed by atoms with van der Waals surface area (Å²) in [6.45, 7) is 7.00. The van der Waals surface area contributed by atoms with Crippen molar-refractivity contribution in [3.63, 3.8) is 0 Å². The van der Waals surface area contributed by atoms with E-state index in [2.05, 4.69) is 20.4 Å². The van der Waals surface area contributed by atoms with Crippen LogP contribution in [0, 0.1) is 6.92 Å². The molecular weight excluding hydrogens is 472 g/mol. The molecular formula is C27H30N6O4. The summed E-state index contributed by atoms with van der Waals surface area (Å²) in [5, 5.41) is 7.02. The summed E-state index contributed by atoms with van der Waals surface area (Å²) in [4.78, 5) is 33.6. The lowest BCUT2D eigenvalue weighted by atomic mass is 10.0. The summed E-state index contributed by atoms with van der Waals surface area (Å²) >= 11 is 0. The van der Waals surface area contributed by atoms with E-state index in [4.69, 9.17) is 15.0 Å². The molecule has 4 aromatic rings. The predicted octanol–water partition coefficient (Wildman–Crippen LogP) is 4.06. The molecule has 10 nitrogen and oxygen atoms in total. The Morgan fingerprint density at radius 3 is 2.43 bits per heavy atom. The Morgan fingerprint density at radius 2 is 1.86 bits per heavy atom. The molecule has 0 spiro atoms. The Labute approximate surface area is 214 Å². The average molecular weight is 503 g/mol.